The van der Waals surface area contributed by atoms with Gasteiger partial charge in [0.2, 0.25) is 5.91 Å². The third-order valence-corrected chi connectivity index (χ3v) is 6.07. The Labute approximate surface area is 197 Å². The molecule has 0 saturated heterocycles. The highest BCUT2D eigenvalue weighted by molar-refractivity contribution is 7.99. The van der Waals surface area contributed by atoms with E-state index in [1.807, 2.05) is 24.3 Å². The van der Waals surface area contributed by atoms with Gasteiger partial charge in [-0.25, -0.2) is 4.79 Å². The van der Waals surface area contributed by atoms with E-state index in [1.54, 1.807) is 0 Å². The Morgan fingerprint density at radius 2 is 1.58 bits per heavy atom. The Hall–Kier alpha value is -3.04. The number of hydrogen-bond acceptors (Lipinski definition) is 6. The number of carbonyl (C=O) groups is 3. The number of carboxylic acids is 1. The van der Waals surface area contributed by atoms with Crippen LogP contribution in [0.25, 0.3) is 11.1 Å². The Bertz CT molecular complexity index is 922. The number of carbonyl (C=O) groups excluding carboxylic acids is 2. The SMILES string of the molecule is O=C(O)CSCCNC(=O)CCOCCNC(=O)OCC1c2ccccc2-c2ccccc21. The molecule has 0 radical (unpaired) electrons. The molecule has 0 saturated carbocycles. The predicted octanol–water partition coefficient (Wildman–Crippen LogP) is 2.87. The van der Waals surface area contributed by atoms with Crippen molar-refractivity contribution in [2.24, 2.45) is 0 Å². The van der Waals surface area contributed by atoms with Gasteiger partial charge >= 0.3 is 12.1 Å². The van der Waals surface area contributed by atoms with E-state index in [9.17, 15) is 14.4 Å². The lowest BCUT2D eigenvalue weighted by Gasteiger charge is -2.14. The van der Waals surface area contributed by atoms with Crippen molar-refractivity contribution in [3.8, 4) is 11.1 Å². The summed E-state index contributed by atoms with van der Waals surface area (Å²) in [5.41, 5.74) is 4.68. The van der Waals surface area contributed by atoms with Crippen molar-refractivity contribution in [2.75, 3.05) is 44.4 Å². The highest BCUT2D eigenvalue weighted by Gasteiger charge is 2.28. The number of aliphatic carboxylic acids is 1. The molecule has 2 aromatic rings. The van der Waals surface area contributed by atoms with Crippen LogP contribution in [0.3, 0.4) is 0 Å². The van der Waals surface area contributed by atoms with Crippen LogP contribution in [0.15, 0.2) is 48.5 Å². The van der Waals surface area contributed by atoms with Gasteiger partial charge in [-0.1, -0.05) is 48.5 Å². The van der Waals surface area contributed by atoms with E-state index in [2.05, 4.69) is 34.9 Å². The molecule has 33 heavy (non-hydrogen) atoms. The molecule has 0 spiro atoms. The van der Waals surface area contributed by atoms with Gasteiger partial charge < -0.3 is 25.2 Å². The van der Waals surface area contributed by atoms with Crippen LogP contribution in [0.1, 0.15) is 23.5 Å². The summed E-state index contributed by atoms with van der Waals surface area (Å²) in [5.74, 6) is -0.444. The Kier molecular flexibility index (Phi) is 9.59. The smallest absolute Gasteiger partial charge is 0.407 e. The fourth-order valence-electron chi connectivity index (χ4n) is 3.65. The Morgan fingerprint density at radius 3 is 2.24 bits per heavy atom. The molecule has 1 aliphatic rings. The van der Waals surface area contributed by atoms with E-state index in [0.29, 0.717) is 12.3 Å². The minimum atomic E-state index is -0.869. The largest absolute Gasteiger partial charge is 0.481 e. The number of benzene rings is 2. The lowest BCUT2D eigenvalue weighted by molar-refractivity contribution is -0.133. The minimum Gasteiger partial charge on any atom is -0.481 e. The quantitative estimate of drug-likeness (QED) is 0.384. The maximum absolute atomic E-state index is 12.1. The molecule has 2 amide bonds. The summed E-state index contributed by atoms with van der Waals surface area (Å²) < 4.78 is 10.8. The molecule has 3 rings (SSSR count). The van der Waals surface area contributed by atoms with E-state index in [4.69, 9.17) is 14.6 Å². The zero-order valence-corrected chi connectivity index (χ0v) is 19.1. The second kappa shape index (κ2) is 12.9. The number of thioether (sulfide) groups is 1. The maximum Gasteiger partial charge on any atom is 0.407 e. The van der Waals surface area contributed by atoms with Gasteiger partial charge in [0, 0.05) is 31.2 Å². The number of fused-ring (bicyclic) bond motifs is 3. The maximum atomic E-state index is 12.1. The molecule has 0 heterocycles. The van der Waals surface area contributed by atoms with Crippen LogP contribution in [0, 0.1) is 0 Å². The first-order valence-electron chi connectivity index (χ1n) is 10.8. The zero-order chi connectivity index (χ0) is 23.5. The highest BCUT2D eigenvalue weighted by Crippen LogP contribution is 2.44. The molecule has 2 aromatic carbocycles. The van der Waals surface area contributed by atoms with Gasteiger partial charge in [-0.3, -0.25) is 9.59 Å². The summed E-state index contributed by atoms with van der Waals surface area (Å²) in [4.78, 5) is 34.1. The van der Waals surface area contributed by atoms with Crippen LogP contribution in [-0.4, -0.2) is 67.5 Å². The van der Waals surface area contributed by atoms with E-state index >= 15 is 0 Å². The normalized spacial score (nSPS) is 12.0. The molecule has 9 heteroatoms. The molecule has 8 nitrogen and oxygen atoms in total. The lowest BCUT2D eigenvalue weighted by Crippen LogP contribution is -2.30. The molecule has 0 aliphatic heterocycles. The molecule has 0 atom stereocenters. The van der Waals surface area contributed by atoms with Gasteiger partial charge in [0.1, 0.15) is 6.61 Å². The summed E-state index contributed by atoms with van der Waals surface area (Å²) in [6, 6.07) is 16.3. The third kappa shape index (κ3) is 7.50. The average molecular weight is 473 g/mol. The van der Waals surface area contributed by atoms with Gasteiger partial charge in [-0.2, -0.15) is 0 Å². The summed E-state index contributed by atoms with van der Waals surface area (Å²) in [5, 5.41) is 13.9. The monoisotopic (exact) mass is 472 g/mol. The van der Waals surface area contributed by atoms with E-state index in [0.717, 1.165) is 11.1 Å². The summed E-state index contributed by atoms with van der Waals surface area (Å²) >= 11 is 1.25. The van der Waals surface area contributed by atoms with Crippen molar-refractivity contribution >= 4 is 29.7 Å². The molecule has 0 bridgehead atoms. The minimum absolute atomic E-state index is 0.0143. The first-order chi connectivity index (χ1) is 16.1. The Morgan fingerprint density at radius 1 is 0.909 bits per heavy atom. The summed E-state index contributed by atoms with van der Waals surface area (Å²) in [6.45, 7) is 1.46. The Balaban J connectivity index is 1.27. The first kappa shape index (κ1) is 24.6. The molecule has 1 aliphatic carbocycles. The van der Waals surface area contributed by atoms with Crippen LogP contribution in [0.5, 0.6) is 0 Å². The van der Waals surface area contributed by atoms with Crippen molar-refractivity contribution in [1.29, 1.82) is 0 Å². The molecular weight excluding hydrogens is 444 g/mol. The molecule has 176 valence electrons. The van der Waals surface area contributed by atoms with Crippen LogP contribution >= 0.6 is 11.8 Å². The standard InChI is InChI=1S/C24H28N2O6S/c27-22(25-11-14-33-16-23(28)29)9-12-31-13-10-26-24(30)32-15-21-19-7-3-1-5-17(19)18-6-2-4-8-20(18)21/h1-8,21H,9-16H2,(H,25,27)(H,26,30)(H,28,29). The number of rotatable bonds is 13. The van der Waals surface area contributed by atoms with Gasteiger partial charge in [0.05, 0.1) is 19.0 Å². The first-order valence-corrected chi connectivity index (χ1v) is 11.9. The lowest BCUT2D eigenvalue weighted by atomic mass is 9.98. The topological polar surface area (TPSA) is 114 Å². The number of nitrogens with one attached hydrogen (secondary N) is 2. The number of hydrogen-bond donors (Lipinski definition) is 3. The summed E-state index contributed by atoms with van der Waals surface area (Å²) in [6.07, 6.45) is -0.300. The van der Waals surface area contributed by atoms with Crippen LogP contribution in [0.2, 0.25) is 0 Å². The molecule has 3 N–H and O–H groups in total. The average Bonchev–Trinajstić information content (AvgIpc) is 3.13. The fraction of sp³-hybridized carbons (Fsp3) is 0.375. The third-order valence-electron chi connectivity index (χ3n) is 5.13. The molecule has 0 fully saturated rings. The van der Waals surface area contributed by atoms with Crippen molar-refractivity contribution in [1.82, 2.24) is 10.6 Å². The van der Waals surface area contributed by atoms with Crippen LogP contribution < -0.4 is 10.6 Å². The van der Waals surface area contributed by atoms with Crippen LogP contribution in [0.4, 0.5) is 4.79 Å². The van der Waals surface area contributed by atoms with Gasteiger partial charge in [-0.05, 0) is 22.3 Å². The van der Waals surface area contributed by atoms with E-state index < -0.39 is 12.1 Å². The fourth-order valence-corrected chi connectivity index (χ4v) is 4.22. The predicted molar refractivity (Wildman–Crippen MR) is 126 cm³/mol. The molecule has 0 aromatic heterocycles. The summed E-state index contributed by atoms with van der Waals surface area (Å²) in [7, 11) is 0. The van der Waals surface area contributed by atoms with Gasteiger partial charge in [0.15, 0.2) is 0 Å². The zero-order valence-electron chi connectivity index (χ0n) is 18.2. The molecule has 0 unspecified atom stereocenters. The number of ether oxygens (including phenoxy) is 2. The van der Waals surface area contributed by atoms with E-state index in [1.165, 1.54) is 22.9 Å². The van der Waals surface area contributed by atoms with Gasteiger partial charge in [-0.15, -0.1) is 11.8 Å². The molecular formula is C24H28N2O6S. The van der Waals surface area contributed by atoms with E-state index in [-0.39, 0.29) is 50.4 Å². The van der Waals surface area contributed by atoms with Crippen molar-refractivity contribution in [3.63, 3.8) is 0 Å². The van der Waals surface area contributed by atoms with Crippen molar-refractivity contribution in [2.45, 2.75) is 12.3 Å². The van der Waals surface area contributed by atoms with Gasteiger partial charge in [0.25, 0.3) is 0 Å². The number of alkyl carbamates (subject to hydrolysis) is 1. The highest BCUT2D eigenvalue weighted by atomic mass is 32.2. The second-order valence-corrected chi connectivity index (χ2v) is 8.52. The van der Waals surface area contributed by atoms with Crippen LogP contribution in [-0.2, 0) is 19.1 Å². The number of carboxylic acid groups (broad SMARTS) is 1. The van der Waals surface area contributed by atoms with Crippen molar-refractivity contribution in [3.05, 3.63) is 59.7 Å². The number of amides is 2. The van der Waals surface area contributed by atoms with Crippen molar-refractivity contribution < 1.29 is 29.0 Å². The second-order valence-electron chi connectivity index (χ2n) is 7.41.